The zero-order valence-electron chi connectivity index (χ0n) is 19.0. The molecule has 0 saturated carbocycles. The van der Waals surface area contributed by atoms with Gasteiger partial charge in [0.2, 0.25) is 10.0 Å². The number of halogens is 1. The van der Waals surface area contributed by atoms with Gasteiger partial charge in [0.25, 0.3) is 5.91 Å². The van der Waals surface area contributed by atoms with Crippen LogP contribution in [-0.2, 0) is 21.3 Å². The van der Waals surface area contributed by atoms with Crippen LogP contribution < -0.4 is 10.0 Å². The summed E-state index contributed by atoms with van der Waals surface area (Å²) in [4.78, 5) is 23.1. The number of amides is 1. The van der Waals surface area contributed by atoms with Crippen LogP contribution in [-0.4, -0.2) is 68.6 Å². The fraction of sp³-hybridized carbons (Fsp3) is 0.292. The number of nitrogens with one attached hydrogen (secondary N) is 2. The zero-order chi connectivity index (χ0) is 24.7. The monoisotopic (exact) mass is 499 g/mol. The van der Waals surface area contributed by atoms with Crippen molar-refractivity contribution >= 4 is 15.9 Å². The minimum Gasteiger partial charge on any atom is -0.379 e. The molecule has 0 bridgehead atoms. The van der Waals surface area contributed by atoms with Gasteiger partial charge >= 0.3 is 0 Å². The first-order chi connectivity index (χ1) is 16.9. The van der Waals surface area contributed by atoms with Crippen LogP contribution in [0.1, 0.15) is 15.9 Å². The number of nitrogens with zero attached hydrogens (tertiary/aromatic N) is 3. The molecule has 2 heterocycles. The third-order valence-electron chi connectivity index (χ3n) is 5.48. The zero-order valence-corrected chi connectivity index (χ0v) is 19.8. The number of benzene rings is 2. The number of hydrogen-bond donors (Lipinski definition) is 2. The van der Waals surface area contributed by atoms with E-state index in [-0.39, 0.29) is 17.0 Å². The molecule has 1 aliphatic rings. The molecule has 1 aliphatic heterocycles. The summed E-state index contributed by atoms with van der Waals surface area (Å²) in [5.74, 6) is -0.503. The van der Waals surface area contributed by atoms with E-state index < -0.39 is 21.7 Å². The number of sulfonamides is 1. The second-order valence-electron chi connectivity index (χ2n) is 7.99. The molecular formula is C24H26FN5O4S. The van der Waals surface area contributed by atoms with Crippen LogP contribution in [0.25, 0.3) is 11.4 Å². The van der Waals surface area contributed by atoms with E-state index in [1.54, 1.807) is 24.3 Å². The first kappa shape index (κ1) is 24.9. The van der Waals surface area contributed by atoms with E-state index in [0.717, 1.165) is 13.1 Å². The summed E-state index contributed by atoms with van der Waals surface area (Å²) in [5, 5.41) is 2.74. The number of hydrogen-bond acceptors (Lipinski definition) is 7. The molecule has 2 aromatic carbocycles. The lowest BCUT2D eigenvalue weighted by atomic mass is 10.2. The van der Waals surface area contributed by atoms with Crippen molar-refractivity contribution in [2.75, 3.05) is 39.4 Å². The van der Waals surface area contributed by atoms with Gasteiger partial charge in [-0.1, -0.05) is 24.3 Å². The summed E-state index contributed by atoms with van der Waals surface area (Å²) in [6.07, 6.45) is 2.73. The molecule has 3 aromatic rings. The molecule has 0 aliphatic carbocycles. The molecular weight excluding hydrogens is 473 g/mol. The van der Waals surface area contributed by atoms with E-state index in [0.29, 0.717) is 43.3 Å². The van der Waals surface area contributed by atoms with Crippen molar-refractivity contribution in [2.45, 2.75) is 11.4 Å². The largest absolute Gasteiger partial charge is 0.379 e. The van der Waals surface area contributed by atoms with Gasteiger partial charge < -0.3 is 10.1 Å². The molecule has 184 valence electrons. The Balaban J connectivity index is 1.32. The SMILES string of the molecule is O=C(NCc1cccc(S(=O)(=O)NCCN2CCOCC2)c1)c1cnc(-c2cccc(F)c2)nc1. The maximum absolute atomic E-state index is 13.4. The summed E-state index contributed by atoms with van der Waals surface area (Å²) in [6, 6.07) is 12.3. The normalized spacial score (nSPS) is 14.5. The minimum absolute atomic E-state index is 0.127. The number of aromatic nitrogens is 2. The molecule has 1 fully saturated rings. The highest BCUT2D eigenvalue weighted by atomic mass is 32.2. The Kier molecular flexibility index (Phi) is 8.13. The lowest BCUT2D eigenvalue weighted by Gasteiger charge is -2.26. The second kappa shape index (κ2) is 11.5. The third kappa shape index (κ3) is 6.89. The number of rotatable bonds is 9. The van der Waals surface area contributed by atoms with Crippen molar-refractivity contribution < 1.29 is 22.3 Å². The Morgan fingerprint density at radius 1 is 1.06 bits per heavy atom. The highest BCUT2D eigenvalue weighted by Crippen LogP contribution is 2.16. The van der Waals surface area contributed by atoms with E-state index in [2.05, 4.69) is 24.9 Å². The third-order valence-corrected chi connectivity index (χ3v) is 6.94. The Labute approximate surface area is 203 Å². The molecule has 0 spiro atoms. The van der Waals surface area contributed by atoms with Crippen LogP contribution in [0.2, 0.25) is 0 Å². The van der Waals surface area contributed by atoms with Crippen molar-refractivity contribution in [3.05, 3.63) is 77.9 Å². The number of morpholine rings is 1. The van der Waals surface area contributed by atoms with Gasteiger partial charge in [-0.3, -0.25) is 9.69 Å². The Bertz CT molecular complexity index is 1260. The van der Waals surface area contributed by atoms with Crippen LogP contribution in [0, 0.1) is 5.82 Å². The van der Waals surface area contributed by atoms with Crippen molar-refractivity contribution in [3.8, 4) is 11.4 Å². The fourth-order valence-electron chi connectivity index (χ4n) is 3.58. The average molecular weight is 500 g/mol. The molecule has 0 atom stereocenters. The highest BCUT2D eigenvalue weighted by molar-refractivity contribution is 7.89. The van der Waals surface area contributed by atoms with Crippen LogP contribution in [0.5, 0.6) is 0 Å². The van der Waals surface area contributed by atoms with Gasteiger partial charge in [-0.15, -0.1) is 0 Å². The van der Waals surface area contributed by atoms with E-state index in [4.69, 9.17) is 4.74 Å². The summed E-state index contributed by atoms with van der Waals surface area (Å²) in [6.45, 7) is 3.92. The van der Waals surface area contributed by atoms with Gasteiger partial charge in [-0.25, -0.2) is 27.5 Å². The second-order valence-corrected chi connectivity index (χ2v) is 9.75. The minimum atomic E-state index is -3.68. The maximum atomic E-state index is 13.4. The van der Waals surface area contributed by atoms with Crippen LogP contribution in [0.4, 0.5) is 4.39 Å². The Morgan fingerprint density at radius 3 is 2.54 bits per heavy atom. The molecule has 35 heavy (non-hydrogen) atoms. The molecule has 11 heteroatoms. The molecule has 1 saturated heterocycles. The molecule has 1 amide bonds. The quantitative estimate of drug-likeness (QED) is 0.462. The van der Waals surface area contributed by atoms with E-state index in [1.807, 2.05) is 0 Å². The predicted molar refractivity (Wildman–Crippen MR) is 127 cm³/mol. The van der Waals surface area contributed by atoms with Crippen molar-refractivity contribution in [1.82, 2.24) is 24.9 Å². The fourth-order valence-corrected chi connectivity index (χ4v) is 4.67. The summed E-state index contributed by atoms with van der Waals surface area (Å²) < 4.78 is 46.7. The topological polar surface area (TPSA) is 114 Å². The van der Waals surface area contributed by atoms with Gasteiger partial charge in [0, 0.05) is 50.7 Å². The summed E-state index contributed by atoms with van der Waals surface area (Å²) >= 11 is 0. The standard InChI is InChI=1S/C24H26FN5O4S/c25-21-5-2-4-19(14-21)23-26-16-20(17-27-23)24(31)28-15-18-3-1-6-22(13-18)35(32,33)29-7-8-30-9-11-34-12-10-30/h1-6,13-14,16-17,29H,7-12,15H2,(H,28,31). The lowest BCUT2D eigenvalue weighted by molar-refractivity contribution is 0.0390. The first-order valence-corrected chi connectivity index (χ1v) is 12.6. The Hall–Kier alpha value is -3.25. The molecule has 1 aromatic heterocycles. The van der Waals surface area contributed by atoms with Crippen molar-refractivity contribution in [3.63, 3.8) is 0 Å². The van der Waals surface area contributed by atoms with Gasteiger partial charge in [0.15, 0.2) is 5.82 Å². The highest BCUT2D eigenvalue weighted by Gasteiger charge is 2.16. The first-order valence-electron chi connectivity index (χ1n) is 11.2. The van der Waals surface area contributed by atoms with E-state index in [9.17, 15) is 17.6 Å². The number of carbonyl (C=O) groups excluding carboxylic acids is 1. The molecule has 9 nitrogen and oxygen atoms in total. The molecule has 2 N–H and O–H groups in total. The van der Waals surface area contributed by atoms with Crippen LogP contribution >= 0.6 is 0 Å². The Morgan fingerprint density at radius 2 is 1.80 bits per heavy atom. The van der Waals surface area contributed by atoms with E-state index >= 15 is 0 Å². The van der Waals surface area contributed by atoms with Gasteiger partial charge in [0.1, 0.15) is 5.82 Å². The van der Waals surface area contributed by atoms with Crippen LogP contribution in [0.3, 0.4) is 0 Å². The number of carbonyl (C=O) groups is 1. The van der Waals surface area contributed by atoms with Gasteiger partial charge in [-0.05, 0) is 29.8 Å². The average Bonchev–Trinajstić information content (AvgIpc) is 2.88. The lowest BCUT2D eigenvalue weighted by Crippen LogP contribution is -2.41. The molecule has 4 rings (SSSR count). The maximum Gasteiger partial charge on any atom is 0.254 e. The van der Waals surface area contributed by atoms with Crippen molar-refractivity contribution in [2.24, 2.45) is 0 Å². The molecule has 0 radical (unpaired) electrons. The van der Waals surface area contributed by atoms with Crippen LogP contribution in [0.15, 0.2) is 65.8 Å². The van der Waals surface area contributed by atoms with Gasteiger partial charge in [-0.2, -0.15) is 0 Å². The van der Waals surface area contributed by atoms with E-state index in [1.165, 1.54) is 36.7 Å². The summed E-state index contributed by atoms with van der Waals surface area (Å²) in [7, 11) is -3.68. The number of ether oxygens (including phenoxy) is 1. The van der Waals surface area contributed by atoms with Gasteiger partial charge in [0.05, 0.1) is 23.7 Å². The van der Waals surface area contributed by atoms with Crippen molar-refractivity contribution in [1.29, 1.82) is 0 Å². The predicted octanol–water partition coefficient (Wildman–Crippen LogP) is 1.82. The molecule has 0 unspecified atom stereocenters. The smallest absolute Gasteiger partial charge is 0.254 e. The summed E-state index contributed by atoms with van der Waals surface area (Å²) in [5.41, 5.74) is 1.37.